The minimum absolute atomic E-state index is 0.796. The van der Waals surface area contributed by atoms with Gasteiger partial charge in [-0.2, -0.15) is 0 Å². The SMILES string of the molecule is CCC[N+]1(CCNC)CCN(CCN)CC1. The number of rotatable bonds is 7. The van der Waals surface area contributed by atoms with Crippen LogP contribution in [0.25, 0.3) is 0 Å². The standard InChI is InChI=1S/C12H29N4/c1-3-9-16(10-5-14-2)11-7-15(6-4-13)8-12-16/h14H,3-13H2,1-2H3/q+1. The molecular weight excluding hydrogens is 200 g/mol. The first kappa shape index (κ1) is 13.9. The van der Waals surface area contributed by atoms with Crippen LogP contribution in [0.15, 0.2) is 0 Å². The maximum atomic E-state index is 5.61. The van der Waals surface area contributed by atoms with Crippen molar-refractivity contribution in [2.45, 2.75) is 13.3 Å². The molecule has 0 bridgehead atoms. The number of nitrogens with zero attached hydrogens (tertiary/aromatic N) is 2. The number of hydrogen-bond acceptors (Lipinski definition) is 3. The number of nitrogens with two attached hydrogens (primary N) is 1. The average molecular weight is 229 g/mol. The predicted molar refractivity (Wildman–Crippen MR) is 69.4 cm³/mol. The average Bonchev–Trinajstić information content (AvgIpc) is 2.30. The van der Waals surface area contributed by atoms with Gasteiger partial charge in [-0.3, -0.25) is 4.90 Å². The molecule has 0 amide bonds. The molecule has 3 N–H and O–H groups in total. The van der Waals surface area contributed by atoms with E-state index in [0.29, 0.717) is 0 Å². The zero-order valence-corrected chi connectivity index (χ0v) is 11.0. The number of piperazine rings is 1. The molecule has 0 atom stereocenters. The zero-order chi connectivity index (χ0) is 11.9. The van der Waals surface area contributed by atoms with Gasteiger partial charge in [0, 0.05) is 32.7 Å². The normalized spacial score (nSPS) is 21.2. The van der Waals surface area contributed by atoms with Crippen molar-refractivity contribution in [1.29, 1.82) is 0 Å². The minimum Gasteiger partial charge on any atom is -0.329 e. The monoisotopic (exact) mass is 229 g/mol. The molecule has 0 aromatic rings. The lowest BCUT2D eigenvalue weighted by Crippen LogP contribution is -2.61. The van der Waals surface area contributed by atoms with Gasteiger partial charge in [0.05, 0.1) is 26.2 Å². The first-order valence-electron chi connectivity index (χ1n) is 6.68. The molecule has 1 rings (SSSR count). The molecule has 0 spiro atoms. The smallest absolute Gasteiger partial charge is 0.0916 e. The Morgan fingerprint density at radius 3 is 2.44 bits per heavy atom. The summed E-state index contributed by atoms with van der Waals surface area (Å²) in [5, 5.41) is 3.29. The van der Waals surface area contributed by atoms with E-state index in [1.54, 1.807) is 0 Å². The van der Waals surface area contributed by atoms with E-state index in [4.69, 9.17) is 5.73 Å². The second-order valence-electron chi connectivity index (χ2n) is 4.97. The molecule has 0 aromatic carbocycles. The zero-order valence-electron chi connectivity index (χ0n) is 11.0. The van der Waals surface area contributed by atoms with Gasteiger partial charge in [-0.1, -0.05) is 6.92 Å². The minimum atomic E-state index is 0.796. The highest BCUT2D eigenvalue weighted by atomic mass is 15.4. The second-order valence-corrected chi connectivity index (χ2v) is 4.97. The molecule has 0 saturated carbocycles. The van der Waals surface area contributed by atoms with Gasteiger partial charge in [0.2, 0.25) is 0 Å². The quantitative estimate of drug-likeness (QED) is 0.589. The summed E-state index contributed by atoms with van der Waals surface area (Å²) < 4.78 is 1.30. The van der Waals surface area contributed by atoms with Crippen molar-refractivity contribution in [3.05, 3.63) is 0 Å². The largest absolute Gasteiger partial charge is 0.329 e. The first-order chi connectivity index (χ1) is 7.76. The van der Waals surface area contributed by atoms with Crippen LogP contribution in [0.5, 0.6) is 0 Å². The Bertz CT molecular complexity index is 176. The van der Waals surface area contributed by atoms with Gasteiger partial charge in [-0.25, -0.2) is 0 Å². The molecule has 4 nitrogen and oxygen atoms in total. The van der Waals surface area contributed by atoms with Crippen LogP contribution in [-0.4, -0.2) is 75.3 Å². The topological polar surface area (TPSA) is 41.3 Å². The molecule has 0 radical (unpaired) electrons. The number of quaternary nitrogens is 1. The van der Waals surface area contributed by atoms with Crippen LogP contribution in [0.4, 0.5) is 0 Å². The molecule has 0 unspecified atom stereocenters. The third kappa shape index (κ3) is 4.01. The lowest BCUT2D eigenvalue weighted by atomic mass is 10.2. The highest BCUT2D eigenvalue weighted by Gasteiger charge is 2.31. The van der Waals surface area contributed by atoms with Gasteiger partial charge >= 0.3 is 0 Å². The van der Waals surface area contributed by atoms with Crippen LogP contribution in [-0.2, 0) is 0 Å². The Morgan fingerprint density at radius 1 is 1.25 bits per heavy atom. The summed E-state index contributed by atoms with van der Waals surface area (Å²) in [6.07, 6.45) is 1.29. The summed E-state index contributed by atoms with van der Waals surface area (Å²) in [4.78, 5) is 2.51. The van der Waals surface area contributed by atoms with Crippen LogP contribution < -0.4 is 11.1 Å². The van der Waals surface area contributed by atoms with E-state index in [0.717, 1.165) is 19.6 Å². The Labute approximate surface area is 100 Å². The fourth-order valence-electron chi connectivity index (χ4n) is 2.72. The van der Waals surface area contributed by atoms with Crippen molar-refractivity contribution >= 4 is 0 Å². The summed E-state index contributed by atoms with van der Waals surface area (Å²) >= 11 is 0. The summed E-state index contributed by atoms with van der Waals surface area (Å²) in [6.45, 7) is 13.0. The highest BCUT2D eigenvalue weighted by Crippen LogP contribution is 2.13. The molecule has 1 fully saturated rings. The summed E-state index contributed by atoms with van der Waals surface area (Å²) in [6, 6.07) is 0. The number of likely N-dealkylation sites (N-methyl/N-ethyl adjacent to an activating group) is 1. The molecular formula is C12H29N4+. The van der Waals surface area contributed by atoms with Gasteiger partial charge < -0.3 is 15.5 Å². The maximum Gasteiger partial charge on any atom is 0.0916 e. The van der Waals surface area contributed by atoms with E-state index in [1.165, 1.54) is 50.2 Å². The molecule has 1 saturated heterocycles. The van der Waals surface area contributed by atoms with E-state index in [1.807, 2.05) is 7.05 Å². The molecule has 1 heterocycles. The third-order valence-corrected chi connectivity index (χ3v) is 3.76. The fraction of sp³-hybridized carbons (Fsp3) is 1.00. The van der Waals surface area contributed by atoms with E-state index in [2.05, 4.69) is 17.1 Å². The Kier molecular flexibility index (Phi) is 6.28. The van der Waals surface area contributed by atoms with E-state index in [-0.39, 0.29) is 0 Å². The van der Waals surface area contributed by atoms with E-state index < -0.39 is 0 Å². The van der Waals surface area contributed by atoms with Crippen LogP contribution >= 0.6 is 0 Å². The summed E-state index contributed by atoms with van der Waals surface area (Å²) in [5.41, 5.74) is 5.61. The van der Waals surface area contributed by atoms with Gasteiger partial charge in [-0.05, 0) is 13.5 Å². The molecule has 0 aromatic heterocycles. The Morgan fingerprint density at radius 2 is 1.94 bits per heavy atom. The third-order valence-electron chi connectivity index (χ3n) is 3.76. The lowest BCUT2D eigenvalue weighted by molar-refractivity contribution is -0.931. The Hall–Kier alpha value is -0.160. The first-order valence-corrected chi connectivity index (χ1v) is 6.68. The van der Waals surface area contributed by atoms with Crippen molar-refractivity contribution in [1.82, 2.24) is 10.2 Å². The maximum absolute atomic E-state index is 5.61. The fourth-order valence-corrected chi connectivity index (χ4v) is 2.72. The number of hydrogen-bond donors (Lipinski definition) is 2. The van der Waals surface area contributed by atoms with E-state index >= 15 is 0 Å². The lowest BCUT2D eigenvalue weighted by Gasteiger charge is -2.45. The molecule has 16 heavy (non-hydrogen) atoms. The number of nitrogens with one attached hydrogen (secondary N) is 1. The molecule has 0 aliphatic carbocycles. The van der Waals surface area contributed by atoms with Gasteiger partial charge in [0.1, 0.15) is 0 Å². The summed E-state index contributed by atoms with van der Waals surface area (Å²) in [5.74, 6) is 0. The molecule has 96 valence electrons. The van der Waals surface area contributed by atoms with Crippen LogP contribution in [0.3, 0.4) is 0 Å². The van der Waals surface area contributed by atoms with Crippen molar-refractivity contribution in [2.75, 3.05) is 66.0 Å². The van der Waals surface area contributed by atoms with Gasteiger partial charge in [-0.15, -0.1) is 0 Å². The van der Waals surface area contributed by atoms with Crippen molar-refractivity contribution in [2.24, 2.45) is 5.73 Å². The van der Waals surface area contributed by atoms with Gasteiger partial charge in [0.15, 0.2) is 0 Å². The van der Waals surface area contributed by atoms with E-state index in [9.17, 15) is 0 Å². The summed E-state index contributed by atoms with van der Waals surface area (Å²) in [7, 11) is 2.05. The second kappa shape index (κ2) is 7.22. The van der Waals surface area contributed by atoms with Crippen LogP contribution in [0.2, 0.25) is 0 Å². The molecule has 1 aliphatic rings. The van der Waals surface area contributed by atoms with Crippen LogP contribution in [0.1, 0.15) is 13.3 Å². The van der Waals surface area contributed by atoms with Crippen LogP contribution in [0, 0.1) is 0 Å². The van der Waals surface area contributed by atoms with Crippen molar-refractivity contribution in [3.63, 3.8) is 0 Å². The molecule has 4 heteroatoms. The Balaban J connectivity index is 2.41. The predicted octanol–water partition coefficient (Wildman–Crippen LogP) is -0.293. The van der Waals surface area contributed by atoms with Crippen molar-refractivity contribution < 1.29 is 4.48 Å². The van der Waals surface area contributed by atoms with Gasteiger partial charge in [0.25, 0.3) is 0 Å². The molecule has 1 aliphatic heterocycles. The van der Waals surface area contributed by atoms with Crippen molar-refractivity contribution in [3.8, 4) is 0 Å². The highest BCUT2D eigenvalue weighted by molar-refractivity contribution is 4.65.